The van der Waals surface area contributed by atoms with Crippen molar-refractivity contribution >= 4 is 22.3 Å². The molecule has 1 aliphatic carbocycles. The van der Waals surface area contributed by atoms with Crippen LogP contribution in [0, 0.1) is 18.8 Å². The molecule has 0 aliphatic heterocycles. The van der Waals surface area contributed by atoms with Crippen molar-refractivity contribution in [2.24, 2.45) is 11.8 Å². The van der Waals surface area contributed by atoms with Gasteiger partial charge in [-0.15, -0.1) is 0 Å². The quantitative estimate of drug-likeness (QED) is 0.565. The minimum atomic E-state index is -4.01. The number of rotatable bonds is 6. The standard InChI is InChI=1S/C23H25NO5S/c1-16-9-11-20(12-10-16)30(27,28)24-23(19-7-5-4-6-8-19)14-18(22(26)29-3)13-17(2)21(23)15-25/h4-12,14-15,17,21,24H,13H2,1-3H3/t17-,21+,23+/m0/s1. The molecule has 0 saturated heterocycles. The topological polar surface area (TPSA) is 89.5 Å². The Morgan fingerprint density at radius 3 is 2.33 bits per heavy atom. The van der Waals surface area contributed by atoms with Gasteiger partial charge in [0.05, 0.1) is 17.5 Å². The summed E-state index contributed by atoms with van der Waals surface area (Å²) in [6.45, 7) is 3.69. The second kappa shape index (κ2) is 8.53. The largest absolute Gasteiger partial charge is 0.466 e. The first-order valence-electron chi connectivity index (χ1n) is 9.65. The maximum atomic E-state index is 13.3. The Bertz CT molecular complexity index is 1060. The van der Waals surface area contributed by atoms with Gasteiger partial charge in [-0.2, -0.15) is 4.72 Å². The molecule has 0 radical (unpaired) electrons. The van der Waals surface area contributed by atoms with Gasteiger partial charge in [0.15, 0.2) is 0 Å². The average Bonchev–Trinajstić information content (AvgIpc) is 2.73. The Labute approximate surface area is 177 Å². The summed E-state index contributed by atoms with van der Waals surface area (Å²) in [4.78, 5) is 24.6. The first kappa shape index (κ1) is 21.9. The second-order valence-corrected chi connectivity index (χ2v) is 9.34. The lowest BCUT2D eigenvalue weighted by atomic mass is 9.67. The molecule has 0 saturated carbocycles. The van der Waals surface area contributed by atoms with Gasteiger partial charge >= 0.3 is 5.97 Å². The second-order valence-electron chi connectivity index (χ2n) is 7.66. The molecular formula is C23H25NO5S. The summed E-state index contributed by atoms with van der Waals surface area (Å²) in [6.07, 6.45) is 2.62. The zero-order chi connectivity index (χ0) is 21.9. The van der Waals surface area contributed by atoms with E-state index in [1.807, 2.05) is 13.8 Å². The maximum Gasteiger partial charge on any atom is 0.333 e. The van der Waals surface area contributed by atoms with Gasteiger partial charge in [0.25, 0.3) is 0 Å². The van der Waals surface area contributed by atoms with Crippen LogP contribution < -0.4 is 4.72 Å². The van der Waals surface area contributed by atoms with E-state index in [9.17, 15) is 18.0 Å². The summed E-state index contributed by atoms with van der Waals surface area (Å²) in [7, 11) is -2.73. The number of ether oxygens (including phenoxy) is 1. The molecule has 0 aromatic heterocycles. The van der Waals surface area contributed by atoms with E-state index in [1.54, 1.807) is 48.5 Å². The van der Waals surface area contributed by atoms with Crippen LogP contribution in [0.5, 0.6) is 0 Å². The molecule has 0 spiro atoms. The molecule has 0 heterocycles. The molecule has 3 rings (SSSR count). The van der Waals surface area contributed by atoms with Crippen LogP contribution in [-0.2, 0) is 29.9 Å². The lowest BCUT2D eigenvalue weighted by molar-refractivity contribution is -0.137. The zero-order valence-electron chi connectivity index (χ0n) is 17.2. The monoisotopic (exact) mass is 427 g/mol. The molecule has 30 heavy (non-hydrogen) atoms. The molecule has 0 bridgehead atoms. The van der Waals surface area contributed by atoms with E-state index in [2.05, 4.69) is 4.72 Å². The van der Waals surface area contributed by atoms with E-state index in [1.165, 1.54) is 19.2 Å². The highest BCUT2D eigenvalue weighted by Gasteiger charge is 2.48. The van der Waals surface area contributed by atoms with Crippen molar-refractivity contribution in [2.45, 2.75) is 30.7 Å². The SMILES string of the molecule is COC(=O)C1=C[C@@](NS(=O)(=O)c2ccc(C)cc2)(c2ccccc2)[C@H](C=O)[C@@H](C)C1. The predicted octanol–water partition coefficient (Wildman–Crippen LogP) is 3.12. The third-order valence-electron chi connectivity index (χ3n) is 5.56. The van der Waals surface area contributed by atoms with Gasteiger partial charge in [0.2, 0.25) is 10.0 Å². The number of carbonyl (C=O) groups is 2. The number of benzene rings is 2. The molecule has 3 atom stereocenters. The van der Waals surface area contributed by atoms with E-state index in [-0.39, 0.29) is 10.8 Å². The Balaban J connectivity index is 2.24. The fraction of sp³-hybridized carbons (Fsp3) is 0.304. The van der Waals surface area contributed by atoms with Crippen molar-refractivity contribution in [3.63, 3.8) is 0 Å². The number of hydrogen-bond donors (Lipinski definition) is 1. The summed E-state index contributed by atoms with van der Waals surface area (Å²) < 4.78 is 34.3. The molecule has 6 nitrogen and oxygen atoms in total. The van der Waals surface area contributed by atoms with E-state index in [4.69, 9.17) is 4.74 Å². The molecule has 2 aromatic rings. The summed E-state index contributed by atoms with van der Waals surface area (Å²) in [5, 5.41) is 0. The maximum absolute atomic E-state index is 13.3. The van der Waals surface area contributed by atoms with Gasteiger partial charge < -0.3 is 9.53 Å². The molecule has 0 amide bonds. The Morgan fingerprint density at radius 1 is 1.13 bits per heavy atom. The van der Waals surface area contributed by atoms with E-state index in [0.29, 0.717) is 17.6 Å². The smallest absolute Gasteiger partial charge is 0.333 e. The highest BCUT2D eigenvalue weighted by atomic mass is 32.2. The van der Waals surface area contributed by atoms with Crippen LogP contribution in [0.1, 0.15) is 24.5 Å². The average molecular weight is 428 g/mol. The summed E-state index contributed by atoms with van der Waals surface area (Å²) in [5.74, 6) is -1.54. The minimum absolute atomic E-state index is 0.0827. The van der Waals surface area contributed by atoms with Crippen LogP contribution in [0.15, 0.2) is 71.1 Å². The number of aldehydes is 1. The van der Waals surface area contributed by atoms with Crippen molar-refractivity contribution in [3.8, 4) is 0 Å². The van der Waals surface area contributed by atoms with Crippen molar-refractivity contribution in [3.05, 3.63) is 77.4 Å². The van der Waals surface area contributed by atoms with E-state index < -0.39 is 27.4 Å². The van der Waals surface area contributed by atoms with E-state index >= 15 is 0 Å². The molecule has 158 valence electrons. The number of carbonyl (C=O) groups excluding carboxylic acids is 2. The number of nitrogens with one attached hydrogen (secondary N) is 1. The van der Waals surface area contributed by atoms with Crippen molar-refractivity contribution in [1.29, 1.82) is 0 Å². The Kier molecular flexibility index (Phi) is 6.24. The number of hydrogen-bond acceptors (Lipinski definition) is 5. The van der Waals surface area contributed by atoms with Crippen LogP contribution in [0.25, 0.3) is 0 Å². The highest BCUT2D eigenvalue weighted by Crippen LogP contribution is 2.43. The number of aryl methyl sites for hydroxylation is 1. The van der Waals surface area contributed by atoms with E-state index in [0.717, 1.165) is 11.8 Å². The summed E-state index contributed by atoms with van der Waals surface area (Å²) in [5.41, 5.74) is 0.412. The lowest BCUT2D eigenvalue weighted by Crippen LogP contribution is -2.54. The van der Waals surface area contributed by atoms with Crippen LogP contribution in [0.4, 0.5) is 0 Å². The van der Waals surface area contributed by atoms with Gasteiger partial charge in [-0.05, 0) is 43.0 Å². The Morgan fingerprint density at radius 2 is 1.77 bits per heavy atom. The molecular weight excluding hydrogens is 402 g/mol. The van der Waals surface area contributed by atoms with Gasteiger partial charge in [-0.1, -0.05) is 55.0 Å². The summed E-state index contributed by atoms with van der Waals surface area (Å²) in [6, 6.07) is 15.3. The van der Waals surface area contributed by atoms with Crippen LogP contribution >= 0.6 is 0 Å². The zero-order valence-corrected chi connectivity index (χ0v) is 18.0. The number of sulfonamides is 1. The van der Waals surface area contributed by atoms with Gasteiger partial charge in [-0.25, -0.2) is 13.2 Å². The third kappa shape index (κ3) is 4.08. The van der Waals surface area contributed by atoms with Crippen molar-refractivity contribution in [2.75, 3.05) is 7.11 Å². The predicted molar refractivity (Wildman–Crippen MR) is 113 cm³/mol. The molecule has 7 heteroatoms. The van der Waals surface area contributed by atoms with Crippen molar-refractivity contribution in [1.82, 2.24) is 4.72 Å². The number of methoxy groups -OCH3 is 1. The molecule has 0 unspecified atom stereocenters. The summed E-state index contributed by atoms with van der Waals surface area (Å²) >= 11 is 0. The first-order chi connectivity index (χ1) is 14.2. The molecule has 0 fully saturated rings. The fourth-order valence-electron chi connectivity index (χ4n) is 4.01. The highest BCUT2D eigenvalue weighted by molar-refractivity contribution is 7.89. The van der Waals surface area contributed by atoms with Gasteiger partial charge in [0, 0.05) is 11.5 Å². The van der Waals surface area contributed by atoms with Gasteiger partial charge in [0.1, 0.15) is 6.29 Å². The van der Waals surface area contributed by atoms with Crippen LogP contribution in [0.3, 0.4) is 0 Å². The first-order valence-corrected chi connectivity index (χ1v) is 11.1. The molecule has 1 aliphatic rings. The normalized spacial score (nSPS) is 24.0. The third-order valence-corrected chi connectivity index (χ3v) is 7.06. The van der Waals surface area contributed by atoms with Crippen LogP contribution in [0.2, 0.25) is 0 Å². The minimum Gasteiger partial charge on any atom is -0.466 e. The fourth-order valence-corrected chi connectivity index (χ4v) is 5.38. The number of esters is 1. The van der Waals surface area contributed by atoms with Gasteiger partial charge in [-0.3, -0.25) is 0 Å². The van der Waals surface area contributed by atoms with Crippen LogP contribution in [-0.4, -0.2) is 27.8 Å². The van der Waals surface area contributed by atoms with Crippen molar-refractivity contribution < 1.29 is 22.7 Å². The molecule has 2 aromatic carbocycles. The molecule has 1 N–H and O–H groups in total. The lowest BCUT2D eigenvalue weighted by Gasteiger charge is -2.43. The Hall–Kier alpha value is -2.77.